The summed E-state index contributed by atoms with van der Waals surface area (Å²) < 4.78 is 13.4. The molecule has 1 aliphatic heterocycles. The molecule has 0 bridgehead atoms. The Morgan fingerprint density at radius 2 is 2.05 bits per heavy atom. The van der Waals surface area contributed by atoms with E-state index in [-0.39, 0.29) is 35.5 Å². The van der Waals surface area contributed by atoms with Gasteiger partial charge in [0, 0.05) is 5.92 Å². The molecule has 5 heteroatoms. The van der Waals surface area contributed by atoms with Crippen molar-refractivity contribution in [3.63, 3.8) is 0 Å². The lowest BCUT2D eigenvalue weighted by atomic mass is 9.90. The van der Waals surface area contributed by atoms with Gasteiger partial charge in [-0.1, -0.05) is 12.1 Å². The molecule has 1 atom stereocenters. The van der Waals surface area contributed by atoms with Gasteiger partial charge in [-0.15, -0.1) is 12.4 Å². The molecule has 1 spiro atoms. The Balaban J connectivity index is 0.00000176. The van der Waals surface area contributed by atoms with Crippen molar-refractivity contribution >= 4 is 18.3 Å². The van der Waals surface area contributed by atoms with Crippen molar-refractivity contribution in [2.75, 3.05) is 13.1 Å². The smallest absolute Gasteiger partial charge is 0.224 e. The van der Waals surface area contributed by atoms with E-state index in [1.807, 2.05) is 19.9 Å². The molecule has 2 aliphatic rings. The number of rotatable bonds is 3. The van der Waals surface area contributed by atoms with Crippen molar-refractivity contribution in [2.45, 2.75) is 38.6 Å². The monoisotopic (exact) mass is 326 g/mol. The summed E-state index contributed by atoms with van der Waals surface area (Å²) in [6.45, 7) is 5.88. The number of hydrogen-bond acceptors (Lipinski definition) is 2. The van der Waals surface area contributed by atoms with E-state index in [0.717, 1.165) is 37.9 Å². The first-order chi connectivity index (χ1) is 9.93. The van der Waals surface area contributed by atoms with Crippen LogP contribution in [-0.4, -0.2) is 19.0 Å². The molecule has 122 valence electrons. The zero-order valence-electron chi connectivity index (χ0n) is 13.1. The van der Waals surface area contributed by atoms with Crippen molar-refractivity contribution in [2.24, 2.45) is 11.3 Å². The molecule has 1 aliphatic carbocycles. The maximum Gasteiger partial charge on any atom is 0.224 e. The van der Waals surface area contributed by atoms with Gasteiger partial charge in [0.1, 0.15) is 5.82 Å². The van der Waals surface area contributed by atoms with E-state index in [1.165, 1.54) is 12.1 Å². The van der Waals surface area contributed by atoms with Crippen LogP contribution in [-0.2, 0) is 10.3 Å². The van der Waals surface area contributed by atoms with E-state index < -0.39 is 5.54 Å². The van der Waals surface area contributed by atoms with Gasteiger partial charge < -0.3 is 10.6 Å². The summed E-state index contributed by atoms with van der Waals surface area (Å²) in [6.07, 6.45) is 3.18. The minimum Gasteiger partial charge on any atom is -0.347 e. The number of carbonyl (C=O) groups is 1. The Morgan fingerprint density at radius 3 is 2.68 bits per heavy atom. The van der Waals surface area contributed by atoms with Crippen LogP contribution in [0.2, 0.25) is 0 Å². The van der Waals surface area contributed by atoms with Gasteiger partial charge in [-0.05, 0) is 69.3 Å². The number of nitrogens with one attached hydrogen (secondary N) is 2. The van der Waals surface area contributed by atoms with Gasteiger partial charge in [-0.2, -0.15) is 0 Å². The predicted octanol–water partition coefficient (Wildman–Crippen LogP) is 2.99. The van der Waals surface area contributed by atoms with Crippen molar-refractivity contribution in [1.82, 2.24) is 10.6 Å². The first-order valence-corrected chi connectivity index (χ1v) is 7.72. The summed E-state index contributed by atoms with van der Waals surface area (Å²) in [5, 5.41) is 6.45. The number of benzene rings is 1. The lowest BCUT2D eigenvalue weighted by Crippen LogP contribution is -2.43. The topological polar surface area (TPSA) is 41.1 Å². The molecule has 1 unspecified atom stereocenters. The van der Waals surface area contributed by atoms with Gasteiger partial charge in [-0.3, -0.25) is 4.79 Å². The van der Waals surface area contributed by atoms with Crippen LogP contribution >= 0.6 is 12.4 Å². The largest absolute Gasteiger partial charge is 0.347 e. The SMILES string of the molecule is CC(C)(NC(=O)C1CC12CCNCC2)c1cccc(F)c1.Cl. The molecule has 1 saturated carbocycles. The van der Waals surface area contributed by atoms with Crippen LogP contribution in [0.3, 0.4) is 0 Å². The molecule has 1 aromatic carbocycles. The van der Waals surface area contributed by atoms with E-state index in [4.69, 9.17) is 0 Å². The molecule has 1 heterocycles. The average Bonchev–Trinajstić information content (AvgIpc) is 3.13. The highest BCUT2D eigenvalue weighted by Crippen LogP contribution is 2.58. The number of piperidine rings is 1. The Morgan fingerprint density at radius 1 is 1.36 bits per heavy atom. The van der Waals surface area contributed by atoms with Gasteiger partial charge in [0.05, 0.1) is 5.54 Å². The standard InChI is InChI=1S/C17H23FN2O.ClH/c1-16(2,12-4-3-5-13(18)10-12)20-15(21)14-11-17(14)6-8-19-9-7-17;/h3-5,10,14,19H,6-9,11H2,1-2H3,(H,20,21);1H. The highest BCUT2D eigenvalue weighted by Gasteiger charge is 2.58. The van der Waals surface area contributed by atoms with Crippen LogP contribution < -0.4 is 10.6 Å². The summed E-state index contributed by atoms with van der Waals surface area (Å²) in [5.74, 6) is -0.0188. The highest BCUT2D eigenvalue weighted by atomic mass is 35.5. The van der Waals surface area contributed by atoms with Gasteiger partial charge in [0.15, 0.2) is 0 Å². The molecular formula is C17H24ClFN2O. The Kier molecular flexibility index (Phi) is 4.83. The lowest BCUT2D eigenvalue weighted by Gasteiger charge is -2.29. The molecule has 2 fully saturated rings. The predicted molar refractivity (Wildman–Crippen MR) is 87.5 cm³/mol. The van der Waals surface area contributed by atoms with Gasteiger partial charge in [-0.25, -0.2) is 4.39 Å². The summed E-state index contributed by atoms with van der Waals surface area (Å²) in [4.78, 5) is 12.5. The zero-order chi connectivity index (χ0) is 15.1. The molecule has 1 amide bonds. The van der Waals surface area contributed by atoms with Gasteiger partial charge in [0.2, 0.25) is 5.91 Å². The fourth-order valence-electron chi connectivity index (χ4n) is 3.54. The average molecular weight is 327 g/mol. The van der Waals surface area contributed by atoms with Crippen LogP contribution in [0.1, 0.15) is 38.7 Å². The second-order valence-corrected chi connectivity index (χ2v) is 6.99. The third-order valence-electron chi connectivity index (χ3n) is 5.09. The van der Waals surface area contributed by atoms with E-state index in [2.05, 4.69) is 10.6 Å². The first-order valence-electron chi connectivity index (χ1n) is 7.72. The first kappa shape index (κ1) is 17.2. The second kappa shape index (κ2) is 6.17. The third-order valence-corrected chi connectivity index (χ3v) is 5.09. The number of carbonyl (C=O) groups excluding carboxylic acids is 1. The number of hydrogen-bond donors (Lipinski definition) is 2. The molecule has 3 rings (SSSR count). The van der Waals surface area contributed by atoms with Crippen molar-refractivity contribution < 1.29 is 9.18 Å². The third kappa shape index (κ3) is 3.28. The fraction of sp³-hybridized carbons (Fsp3) is 0.588. The van der Waals surface area contributed by atoms with Gasteiger partial charge >= 0.3 is 0 Å². The minimum absolute atomic E-state index is 0. The molecule has 1 saturated heterocycles. The van der Waals surface area contributed by atoms with E-state index >= 15 is 0 Å². The van der Waals surface area contributed by atoms with Crippen LogP contribution in [0, 0.1) is 17.2 Å². The summed E-state index contributed by atoms with van der Waals surface area (Å²) in [7, 11) is 0. The molecule has 0 aromatic heterocycles. The number of halogens is 2. The Bertz CT molecular complexity index is 555. The Hall–Kier alpha value is -1.13. The summed E-state index contributed by atoms with van der Waals surface area (Å²) >= 11 is 0. The van der Waals surface area contributed by atoms with E-state index in [0.29, 0.717) is 0 Å². The Labute approximate surface area is 137 Å². The second-order valence-electron chi connectivity index (χ2n) is 6.99. The molecule has 1 aromatic rings. The summed E-state index contributed by atoms with van der Waals surface area (Å²) in [6, 6.07) is 6.46. The van der Waals surface area contributed by atoms with Crippen LogP contribution in [0.25, 0.3) is 0 Å². The van der Waals surface area contributed by atoms with Crippen molar-refractivity contribution in [1.29, 1.82) is 0 Å². The van der Waals surface area contributed by atoms with Crippen LogP contribution in [0.15, 0.2) is 24.3 Å². The maximum atomic E-state index is 13.4. The molecule has 3 nitrogen and oxygen atoms in total. The van der Waals surface area contributed by atoms with Gasteiger partial charge in [0.25, 0.3) is 0 Å². The number of amides is 1. The lowest BCUT2D eigenvalue weighted by molar-refractivity contribution is -0.125. The minimum atomic E-state index is -0.546. The highest BCUT2D eigenvalue weighted by molar-refractivity contribution is 5.85. The normalized spacial score (nSPS) is 22.8. The van der Waals surface area contributed by atoms with E-state index in [1.54, 1.807) is 6.07 Å². The molecular weight excluding hydrogens is 303 g/mol. The summed E-state index contributed by atoms with van der Waals surface area (Å²) in [5.41, 5.74) is 0.485. The molecule has 0 radical (unpaired) electrons. The molecule has 2 N–H and O–H groups in total. The maximum absolute atomic E-state index is 13.4. The van der Waals surface area contributed by atoms with Crippen LogP contribution in [0.4, 0.5) is 4.39 Å². The zero-order valence-corrected chi connectivity index (χ0v) is 13.9. The van der Waals surface area contributed by atoms with E-state index in [9.17, 15) is 9.18 Å². The van der Waals surface area contributed by atoms with Crippen molar-refractivity contribution in [3.05, 3.63) is 35.6 Å². The molecule has 22 heavy (non-hydrogen) atoms. The van der Waals surface area contributed by atoms with Crippen molar-refractivity contribution in [3.8, 4) is 0 Å². The quantitative estimate of drug-likeness (QED) is 0.896. The van der Waals surface area contributed by atoms with Crippen LogP contribution in [0.5, 0.6) is 0 Å². The fourth-order valence-corrected chi connectivity index (χ4v) is 3.54.